The fourth-order valence-electron chi connectivity index (χ4n) is 3.83. The van der Waals surface area contributed by atoms with Gasteiger partial charge in [0.15, 0.2) is 23.0 Å². The molecule has 0 spiro atoms. The van der Waals surface area contributed by atoms with E-state index in [0.717, 1.165) is 6.07 Å². The van der Waals surface area contributed by atoms with Gasteiger partial charge in [-0.2, -0.15) is 13.2 Å². The number of para-hydroxylation sites is 1. The number of nitrogens with one attached hydrogen (secondary N) is 2. The number of carbonyl (C=O) groups excluding carboxylic acids is 3. The number of urea groups is 1. The summed E-state index contributed by atoms with van der Waals surface area (Å²) >= 11 is 0. The van der Waals surface area contributed by atoms with Crippen LogP contribution in [0.5, 0.6) is 28.7 Å². The van der Waals surface area contributed by atoms with E-state index in [2.05, 4.69) is 0 Å². The number of nitrogens with zero attached hydrogens (tertiary/aromatic N) is 1. The Balaban J connectivity index is 2.02. The molecule has 4 amide bonds. The monoisotopic (exact) mass is 527 g/mol. The number of hydrogen-bond acceptors (Lipinski definition) is 8. The lowest BCUT2D eigenvalue weighted by atomic mass is 10.1. The third-order valence-electron chi connectivity index (χ3n) is 5.59. The van der Waals surface area contributed by atoms with Crippen molar-refractivity contribution in [2.75, 3.05) is 35.5 Å². The van der Waals surface area contributed by atoms with Crippen LogP contribution in [0, 0.1) is 0 Å². The van der Waals surface area contributed by atoms with E-state index in [1.165, 1.54) is 59.8 Å². The highest BCUT2D eigenvalue weighted by Gasteiger charge is 2.69. The summed E-state index contributed by atoms with van der Waals surface area (Å²) in [5.41, 5.74) is -3.97. The average Bonchev–Trinajstić information content (AvgIpc) is 3.12. The Morgan fingerprint density at radius 3 is 2.03 bits per heavy atom. The Labute approximate surface area is 209 Å². The van der Waals surface area contributed by atoms with Crippen LogP contribution in [0.4, 0.5) is 18.0 Å². The maximum Gasteiger partial charge on any atom is 0.440 e. The van der Waals surface area contributed by atoms with E-state index in [4.69, 9.17) is 23.7 Å². The van der Waals surface area contributed by atoms with Crippen molar-refractivity contribution in [1.82, 2.24) is 15.5 Å². The largest absolute Gasteiger partial charge is 0.493 e. The molecule has 14 heteroatoms. The second kappa shape index (κ2) is 10.3. The average molecular weight is 527 g/mol. The second-order valence-corrected chi connectivity index (χ2v) is 7.56. The van der Waals surface area contributed by atoms with Crippen LogP contribution in [0.2, 0.25) is 0 Å². The van der Waals surface area contributed by atoms with E-state index < -0.39 is 41.8 Å². The summed E-state index contributed by atoms with van der Waals surface area (Å²) in [5.74, 6) is -2.92. The first-order valence-electron chi connectivity index (χ1n) is 10.5. The minimum Gasteiger partial charge on any atom is -0.493 e. The minimum atomic E-state index is -5.42. The Hall–Kier alpha value is -4.36. The predicted octanol–water partition coefficient (Wildman–Crippen LogP) is 2.47. The molecule has 37 heavy (non-hydrogen) atoms. The van der Waals surface area contributed by atoms with Crippen molar-refractivity contribution in [1.29, 1.82) is 0 Å². The number of ether oxygens (including phenoxy) is 5. The molecule has 0 radical (unpaired) electrons. The van der Waals surface area contributed by atoms with Gasteiger partial charge in [-0.15, -0.1) is 0 Å². The van der Waals surface area contributed by atoms with Crippen LogP contribution >= 0.6 is 0 Å². The van der Waals surface area contributed by atoms with E-state index in [9.17, 15) is 27.6 Å². The summed E-state index contributed by atoms with van der Waals surface area (Å²) in [6.45, 7) is -0.599. The van der Waals surface area contributed by atoms with Gasteiger partial charge < -0.3 is 29.0 Å². The molecule has 2 aromatic rings. The van der Waals surface area contributed by atoms with E-state index in [1.807, 2.05) is 0 Å². The van der Waals surface area contributed by atoms with Crippen LogP contribution in [-0.2, 0) is 11.3 Å². The zero-order valence-electron chi connectivity index (χ0n) is 20.4. The molecule has 2 N–H and O–H groups in total. The highest BCUT2D eigenvalue weighted by atomic mass is 19.4. The molecule has 3 rings (SSSR count). The first-order chi connectivity index (χ1) is 17.5. The molecule has 0 aliphatic carbocycles. The molecule has 0 aromatic heterocycles. The maximum absolute atomic E-state index is 14.3. The number of benzene rings is 2. The van der Waals surface area contributed by atoms with Gasteiger partial charge in [-0.25, -0.2) is 4.79 Å². The molecule has 1 aliphatic heterocycles. The van der Waals surface area contributed by atoms with E-state index in [0.29, 0.717) is 4.90 Å². The van der Waals surface area contributed by atoms with Crippen LogP contribution < -0.4 is 34.3 Å². The molecular weight excluding hydrogens is 503 g/mol. The van der Waals surface area contributed by atoms with Gasteiger partial charge in [0.25, 0.3) is 17.5 Å². The molecule has 0 bridgehead atoms. The summed E-state index contributed by atoms with van der Waals surface area (Å²) in [6, 6.07) is 5.50. The molecule has 1 unspecified atom stereocenters. The normalized spacial score (nSPS) is 17.2. The van der Waals surface area contributed by atoms with Crippen molar-refractivity contribution in [2.45, 2.75) is 18.4 Å². The quantitative estimate of drug-likeness (QED) is 0.477. The van der Waals surface area contributed by atoms with Gasteiger partial charge in [0.2, 0.25) is 5.75 Å². The van der Waals surface area contributed by atoms with Gasteiger partial charge in [-0.1, -0.05) is 12.1 Å². The predicted molar refractivity (Wildman–Crippen MR) is 121 cm³/mol. The smallest absolute Gasteiger partial charge is 0.440 e. The van der Waals surface area contributed by atoms with Crippen molar-refractivity contribution < 1.29 is 51.2 Å². The molecule has 11 nitrogen and oxygen atoms in total. The van der Waals surface area contributed by atoms with Gasteiger partial charge in [0.05, 0.1) is 47.7 Å². The van der Waals surface area contributed by atoms with Crippen LogP contribution in [0.15, 0.2) is 30.3 Å². The van der Waals surface area contributed by atoms with Gasteiger partial charge >= 0.3 is 12.2 Å². The number of rotatable bonds is 9. The van der Waals surface area contributed by atoms with Gasteiger partial charge in [0.1, 0.15) is 0 Å². The fraction of sp³-hybridized carbons (Fsp3) is 0.348. The zero-order chi connectivity index (χ0) is 27.5. The molecule has 0 saturated carbocycles. The molecule has 1 atom stereocenters. The van der Waals surface area contributed by atoms with Gasteiger partial charge in [-0.3, -0.25) is 19.8 Å². The zero-order valence-corrected chi connectivity index (χ0v) is 20.4. The number of hydrogen-bond donors (Lipinski definition) is 2. The standard InChI is InChI=1S/C23H24F3N3O8/c1-33-14-8-6-7-12(16(14)35-3)11-29-20(31)22(23(24,25)26,28-21(29)32)27-19(30)13-9-10-15(34-2)18(37-5)17(13)36-4/h6-10H,11H2,1-5H3,(H,27,30)(H,28,32). The van der Waals surface area contributed by atoms with Gasteiger partial charge in [0, 0.05) is 5.56 Å². The van der Waals surface area contributed by atoms with Crippen molar-refractivity contribution in [2.24, 2.45) is 0 Å². The summed E-state index contributed by atoms with van der Waals surface area (Å²) in [6.07, 6.45) is -5.42. The number of methoxy groups -OCH3 is 5. The lowest BCUT2D eigenvalue weighted by Gasteiger charge is -2.30. The first kappa shape index (κ1) is 27.2. The molecular formula is C23H24F3N3O8. The van der Waals surface area contributed by atoms with E-state index >= 15 is 0 Å². The molecule has 1 heterocycles. The molecule has 1 aliphatic rings. The Morgan fingerprint density at radius 1 is 0.892 bits per heavy atom. The molecule has 1 saturated heterocycles. The van der Waals surface area contributed by atoms with Crippen LogP contribution in [0.25, 0.3) is 0 Å². The third kappa shape index (κ3) is 4.61. The van der Waals surface area contributed by atoms with Crippen molar-refractivity contribution in [3.05, 3.63) is 41.5 Å². The number of halogens is 3. The minimum absolute atomic E-state index is 0.0627. The molecule has 200 valence electrons. The summed E-state index contributed by atoms with van der Waals surface area (Å²) < 4.78 is 68.8. The summed E-state index contributed by atoms with van der Waals surface area (Å²) in [4.78, 5) is 39.2. The highest BCUT2D eigenvalue weighted by Crippen LogP contribution is 2.41. The third-order valence-corrected chi connectivity index (χ3v) is 5.59. The van der Waals surface area contributed by atoms with Crippen molar-refractivity contribution >= 4 is 17.8 Å². The highest BCUT2D eigenvalue weighted by molar-refractivity contribution is 6.10. The number of amides is 4. The lowest BCUT2D eigenvalue weighted by molar-refractivity contribution is -0.200. The maximum atomic E-state index is 14.3. The van der Waals surface area contributed by atoms with Crippen LogP contribution in [0.3, 0.4) is 0 Å². The Kier molecular flexibility index (Phi) is 7.60. The van der Waals surface area contributed by atoms with Gasteiger partial charge in [-0.05, 0) is 18.2 Å². The molecule has 2 aromatic carbocycles. The first-order valence-corrected chi connectivity index (χ1v) is 10.5. The van der Waals surface area contributed by atoms with Crippen molar-refractivity contribution in [3.63, 3.8) is 0 Å². The number of alkyl halides is 3. The number of carbonyl (C=O) groups is 3. The second-order valence-electron chi connectivity index (χ2n) is 7.56. The van der Waals surface area contributed by atoms with Crippen LogP contribution in [-0.4, -0.2) is 70.1 Å². The Morgan fingerprint density at radius 2 is 1.49 bits per heavy atom. The van der Waals surface area contributed by atoms with E-state index in [1.54, 1.807) is 10.6 Å². The lowest BCUT2D eigenvalue weighted by Crippen LogP contribution is -2.69. The SMILES string of the molecule is COc1cccc(CN2C(=O)NC(NC(=O)c3ccc(OC)c(OC)c3OC)(C(F)(F)F)C2=O)c1OC. The topological polar surface area (TPSA) is 125 Å². The molecule has 1 fully saturated rings. The fourth-order valence-corrected chi connectivity index (χ4v) is 3.83. The van der Waals surface area contributed by atoms with Crippen molar-refractivity contribution in [3.8, 4) is 28.7 Å². The Bertz CT molecular complexity index is 1220. The van der Waals surface area contributed by atoms with Crippen LogP contribution in [0.1, 0.15) is 15.9 Å². The van der Waals surface area contributed by atoms with E-state index in [-0.39, 0.29) is 34.3 Å². The summed E-state index contributed by atoms with van der Waals surface area (Å²) in [7, 11) is 6.37. The summed E-state index contributed by atoms with van der Waals surface area (Å²) in [5, 5.41) is 3.23. The number of imide groups is 1.